The number of hydrogen-bond acceptors (Lipinski definition) is 6. The van der Waals surface area contributed by atoms with Crippen LogP contribution in [-0.2, 0) is 0 Å². The molecule has 0 amide bonds. The number of aromatic nitrogens is 2. The molecule has 21 heavy (non-hydrogen) atoms. The van der Waals surface area contributed by atoms with Crippen LogP contribution in [0.1, 0.15) is 13.3 Å². The molecule has 0 aliphatic carbocycles. The molecule has 7 nitrogen and oxygen atoms in total. The first-order valence-electron chi connectivity index (χ1n) is 6.29. The summed E-state index contributed by atoms with van der Waals surface area (Å²) in [5.41, 5.74) is -0.268. The highest BCUT2D eigenvalue weighted by Gasteiger charge is 2.19. The van der Waals surface area contributed by atoms with Gasteiger partial charge in [0.2, 0.25) is 5.95 Å². The van der Waals surface area contributed by atoms with Crippen molar-refractivity contribution in [3.8, 4) is 11.6 Å². The predicted octanol–water partition coefficient (Wildman–Crippen LogP) is 3.60. The molecule has 0 unspecified atom stereocenters. The number of hydrogen-bond donors (Lipinski definition) is 1. The van der Waals surface area contributed by atoms with Crippen molar-refractivity contribution in [3.05, 3.63) is 44.1 Å². The van der Waals surface area contributed by atoms with Gasteiger partial charge in [0.1, 0.15) is 11.9 Å². The fraction of sp³-hybridized carbons (Fsp3) is 0.231. The van der Waals surface area contributed by atoms with Crippen LogP contribution in [0, 0.1) is 13.7 Å². The Bertz CT molecular complexity index is 651. The zero-order valence-electron chi connectivity index (χ0n) is 11.2. The molecule has 1 heterocycles. The van der Waals surface area contributed by atoms with Gasteiger partial charge in [-0.2, -0.15) is 4.98 Å². The van der Waals surface area contributed by atoms with Crippen molar-refractivity contribution in [1.29, 1.82) is 0 Å². The van der Waals surface area contributed by atoms with E-state index in [1.807, 2.05) is 13.0 Å². The summed E-state index contributed by atoms with van der Waals surface area (Å²) in [5, 5.41) is 14.0. The standard InChI is InChI=1S/C13H13IN4O3/c1-2-6-15-13-16-8-11(18(19)20)12(17-13)21-10-5-3-4-9(14)7-10/h3-5,7-8H,2,6H2,1H3,(H,15,16,17). The van der Waals surface area contributed by atoms with Gasteiger partial charge in [-0.3, -0.25) is 10.1 Å². The number of nitrogens with zero attached hydrogens (tertiary/aromatic N) is 3. The first-order valence-corrected chi connectivity index (χ1v) is 7.36. The summed E-state index contributed by atoms with van der Waals surface area (Å²) >= 11 is 2.14. The Hall–Kier alpha value is -1.97. The fourth-order valence-corrected chi connectivity index (χ4v) is 2.04. The maximum Gasteiger partial charge on any atom is 0.349 e. The van der Waals surface area contributed by atoms with Gasteiger partial charge in [-0.25, -0.2) is 4.98 Å². The van der Waals surface area contributed by atoms with Crippen LogP contribution in [0.4, 0.5) is 11.6 Å². The van der Waals surface area contributed by atoms with Gasteiger partial charge < -0.3 is 10.1 Å². The normalized spacial score (nSPS) is 10.2. The van der Waals surface area contributed by atoms with E-state index < -0.39 is 4.92 Å². The summed E-state index contributed by atoms with van der Waals surface area (Å²) in [6.45, 7) is 2.68. The van der Waals surface area contributed by atoms with Crippen molar-refractivity contribution in [2.45, 2.75) is 13.3 Å². The minimum absolute atomic E-state index is 0.0735. The van der Waals surface area contributed by atoms with Crippen LogP contribution >= 0.6 is 22.6 Å². The molecule has 0 saturated heterocycles. The molecule has 110 valence electrons. The lowest BCUT2D eigenvalue weighted by molar-refractivity contribution is -0.386. The quantitative estimate of drug-likeness (QED) is 0.453. The predicted molar refractivity (Wildman–Crippen MR) is 86.7 cm³/mol. The van der Waals surface area contributed by atoms with Crippen molar-refractivity contribution in [2.24, 2.45) is 0 Å². The van der Waals surface area contributed by atoms with E-state index in [4.69, 9.17) is 4.74 Å². The van der Waals surface area contributed by atoms with Gasteiger partial charge in [0.05, 0.1) is 4.92 Å². The molecule has 0 atom stereocenters. The van der Waals surface area contributed by atoms with Crippen LogP contribution in [0.2, 0.25) is 0 Å². The number of anilines is 1. The molecule has 0 saturated carbocycles. The zero-order chi connectivity index (χ0) is 15.2. The summed E-state index contributed by atoms with van der Waals surface area (Å²) in [5.74, 6) is 0.726. The second kappa shape index (κ2) is 7.16. The van der Waals surface area contributed by atoms with Crippen molar-refractivity contribution >= 4 is 34.2 Å². The fourth-order valence-electron chi connectivity index (χ4n) is 1.52. The Labute approximate surface area is 135 Å². The average molecular weight is 400 g/mol. The maximum atomic E-state index is 11.0. The Morgan fingerprint density at radius 2 is 2.29 bits per heavy atom. The van der Waals surface area contributed by atoms with Gasteiger partial charge in [-0.15, -0.1) is 0 Å². The van der Waals surface area contributed by atoms with Gasteiger partial charge in [0.15, 0.2) is 0 Å². The van der Waals surface area contributed by atoms with Gasteiger partial charge in [-0.05, 0) is 47.2 Å². The SMILES string of the molecule is CCCNc1ncc([N+](=O)[O-])c(Oc2cccc(I)c2)n1. The van der Waals surface area contributed by atoms with Gasteiger partial charge >= 0.3 is 11.6 Å². The Morgan fingerprint density at radius 1 is 1.48 bits per heavy atom. The van der Waals surface area contributed by atoms with Gasteiger partial charge in [0, 0.05) is 10.1 Å². The first-order chi connectivity index (χ1) is 10.1. The lowest BCUT2D eigenvalue weighted by atomic mass is 10.3. The second-order valence-corrected chi connectivity index (χ2v) is 5.37. The topological polar surface area (TPSA) is 90.2 Å². The Kier molecular flexibility index (Phi) is 5.26. The zero-order valence-corrected chi connectivity index (χ0v) is 13.4. The van der Waals surface area contributed by atoms with E-state index in [1.165, 1.54) is 0 Å². The summed E-state index contributed by atoms with van der Waals surface area (Å²) in [7, 11) is 0. The molecule has 0 fully saturated rings. The minimum atomic E-state index is -0.563. The number of benzene rings is 1. The highest BCUT2D eigenvalue weighted by atomic mass is 127. The lowest BCUT2D eigenvalue weighted by Crippen LogP contribution is -2.06. The molecular formula is C13H13IN4O3. The highest BCUT2D eigenvalue weighted by Crippen LogP contribution is 2.29. The molecule has 0 radical (unpaired) electrons. The third kappa shape index (κ3) is 4.25. The van der Waals surface area contributed by atoms with Gasteiger partial charge in [0.25, 0.3) is 0 Å². The minimum Gasteiger partial charge on any atom is -0.434 e. The van der Waals surface area contributed by atoms with Crippen molar-refractivity contribution < 1.29 is 9.66 Å². The number of ether oxygens (including phenoxy) is 1. The van der Waals surface area contributed by atoms with E-state index in [2.05, 4.69) is 37.9 Å². The Balaban J connectivity index is 2.31. The molecule has 0 bridgehead atoms. The van der Waals surface area contributed by atoms with Gasteiger partial charge in [-0.1, -0.05) is 13.0 Å². The number of rotatable bonds is 6. The molecule has 1 aromatic carbocycles. The summed E-state index contributed by atoms with van der Waals surface area (Å²) in [6, 6.07) is 7.19. The third-order valence-corrected chi connectivity index (χ3v) is 3.15. The Morgan fingerprint density at radius 3 is 2.95 bits per heavy atom. The van der Waals surface area contributed by atoms with Crippen molar-refractivity contribution in [1.82, 2.24) is 9.97 Å². The molecule has 0 aliphatic rings. The summed E-state index contributed by atoms with van der Waals surface area (Å²) in [6.07, 6.45) is 2.04. The largest absolute Gasteiger partial charge is 0.434 e. The number of nitrogens with one attached hydrogen (secondary N) is 1. The summed E-state index contributed by atoms with van der Waals surface area (Å²) < 4.78 is 6.50. The van der Waals surface area contributed by atoms with E-state index in [9.17, 15) is 10.1 Å². The van der Waals surface area contributed by atoms with E-state index in [0.29, 0.717) is 18.2 Å². The van der Waals surface area contributed by atoms with Crippen LogP contribution < -0.4 is 10.1 Å². The van der Waals surface area contributed by atoms with Crippen LogP contribution in [0.3, 0.4) is 0 Å². The second-order valence-electron chi connectivity index (χ2n) is 4.13. The number of halogens is 1. The average Bonchev–Trinajstić information content (AvgIpc) is 2.45. The first kappa shape index (κ1) is 15.4. The molecule has 0 aliphatic heterocycles. The molecule has 2 rings (SSSR count). The lowest BCUT2D eigenvalue weighted by Gasteiger charge is -2.08. The molecule has 1 aromatic heterocycles. The monoisotopic (exact) mass is 400 g/mol. The smallest absolute Gasteiger partial charge is 0.349 e. The van der Waals surface area contributed by atoms with E-state index in [0.717, 1.165) is 16.2 Å². The molecule has 2 aromatic rings. The van der Waals surface area contributed by atoms with Crippen LogP contribution in [0.25, 0.3) is 0 Å². The highest BCUT2D eigenvalue weighted by molar-refractivity contribution is 14.1. The molecular weight excluding hydrogens is 387 g/mol. The van der Waals surface area contributed by atoms with Crippen LogP contribution in [-0.4, -0.2) is 21.4 Å². The van der Waals surface area contributed by atoms with Crippen molar-refractivity contribution in [3.63, 3.8) is 0 Å². The molecule has 1 N–H and O–H groups in total. The number of nitro groups is 1. The van der Waals surface area contributed by atoms with E-state index in [-0.39, 0.29) is 11.6 Å². The molecule has 8 heteroatoms. The van der Waals surface area contributed by atoms with Crippen LogP contribution in [0.15, 0.2) is 30.5 Å². The van der Waals surface area contributed by atoms with E-state index >= 15 is 0 Å². The maximum absolute atomic E-state index is 11.0. The molecule has 0 spiro atoms. The summed E-state index contributed by atoms with van der Waals surface area (Å²) in [4.78, 5) is 18.4. The van der Waals surface area contributed by atoms with Crippen LogP contribution in [0.5, 0.6) is 11.6 Å². The third-order valence-electron chi connectivity index (χ3n) is 2.48. The van der Waals surface area contributed by atoms with E-state index in [1.54, 1.807) is 18.2 Å². The van der Waals surface area contributed by atoms with Crippen molar-refractivity contribution in [2.75, 3.05) is 11.9 Å².